The Morgan fingerprint density at radius 3 is 1.05 bits per heavy atom. The molecule has 3 nitrogen and oxygen atoms in total. The molecule has 0 aliphatic carbocycles. The first-order valence-electron chi connectivity index (χ1n) is 16.7. The normalized spacial score (nSPS) is 12.7. The molecule has 240 valence electrons. The van der Waals surface area contributed by atoms with Crippen molar-refractivity contribution < 1.29 is 14.2 Å². The minimum atomic E-state index is 0.860. The van der Waals surface area contributed by atoms with Gasteiger partial charge in [0.05, 0.1) is 19.8 Å². The maximum absolute atomic E-state index is 5.30. The SMILES string of the molecule is CC.CC.CC.CC.c1ccc2c(c1)CCO2.c1ccc2c(c1)CCO2.c1ccc2c(c1)CCO2.c1ccc2c(c1)CCS2. The second kappa shape index (κ2) is 25.0. The third-order valence-corrected chi connectivity index (χ3v) is 7.52. The molecule has 0 amide bonds. The van der Waals surface area contributed by atoms with Crippen molar-refractivity contribution in [3.63, 3.8) is 0 Å². The minimum absolute atomic E-state index is 0.860. The number of rotatable bonds is 0. The molecule has 0 atom stereocenters. The van der Waals surface area contributed by atoms with Crippen molar-refractivity contribution >= 4 is 11.8 Å². The maximum atomic E-state index is 5.30. The van der Waals surface area contributed by atoms with Gasteiger partial charge in [-0.15, -0.1) is 11.8 Å². The molecule has 0 saturated heterocycles. The number of thioether (sulfide) groups is 1. The van der Waals surface area contributed by atoms with E-state index in [9.17, 15) is 0 Å². The Morgan fingerprint density at radius 1 is 0.386 bits per heavy atom. The molecule has 0 spiro atoms. The monoisotopic (exact) mass is 616 g/mol. The lowest BCUT2D eigenvalue weighted by atomic mass is 10.2. The van der Waals surface area contributed by atoms with E-state index < -0.39 is 0 Å². The molecule has 0 fully saturated rings. The van der Waals surface area contributed by atoms with Crippen LogP contribution in [-0.2, 0) is 25.7 Å². The molecular formula is C40H56O3S. The van der Waals surface area contributed by atoms with Gasteiger partial charge in [-0.2, -0.15) is 0 Å². The fourth-order valence-corrected chi connectivity index (χ4v) is 5.56. The Labute approximate surface area is 273 Å². The van der Waals surface area contributed by atoms with Crippen LogP contribution in [0.15, 0.2) is 102 Å². The highest BCUT2D eigenvalue weighted by Gasteiger charge is 2.10. The molecule has 4 aromatic carbocycles. The van der Waals surface area contributed by atoms with Gasteiger partial charge in [0.2, 0.25) is 0 Å². The molecule has 0 bridgehead atoms. The second-order valence-corrected chi connectivity index (χ2v) is 9.96. The largest absolute Gasteiger partial charge is 0.493 e. The van der Waals surface area contributed by atoms with Gasteiger partial charge in [-0.1, -0.05) is 128 Å². The molecule has 0 unspecified atom stereocenters. The van der Waals surface area contributed by atoms with E-state index in [0.717, 1.165) is 56.3 Å². The van der Waals surface area contributed by atoms with Crippen molar-refractivity contribution in [2.24, 2.45) is 0 Å². The van der Waals surface area contributed by atoms with Crippen LogP contribution in [0.5, 0.6) is 17.2 Å². The van der Waals surface area contributed by atoms with Gasteiger partial charge < -0.3 is 14.2 Å². The number of hydrogen-bond donors (Lipinski definition) is 0. The van der Waals surface area contributed by atoms with Crippen molar-refractivity contribution in [2.45, 2.75) is 86.0 Å². The van der Waals surface area contributed by atoms with E-state index in [-0.39, 0.29) is 0 Å². The summed E-state index contributed by atoms with van der Waals surface area (Å²) in [6.07, 6.45) is 4.50. The minimum Gasteiger partial charge on any atom is -0.493 e. The van der Waals surface area contributed by atoms with E-state index in [1.165, 1.54) is 39.3 Å². The molecular weight excluding hydrogens is 561 g/mol. The Hall–Kier alpha value is -3.37. The van der Waals surface area contributed by atoms with E-state index in [2.05, 4.69) is 42.5 Å². The van der Waals surface area contributed by atoms with E-state index in [4.69, 9.17) is 14.2 Å². The van der Waals surface area contributed by atoms with Crippen molar-refractivity contribution in [1.82, 2.24) is 0 Å². The number of para-hydroxylation sites is 3. The highest BCUT2D eigenvalue weighted by Crippen LogP contribution is 2.30. The summed E-state index contributed by atoms with van der Waals surface area (Å²) in [4.78, 5) is 1.48. The van der Waals surface area contributed by atoms with Gasteiger partial charge in [-0.25, -0.2) is 0 Å². The first kappa shape index (κ1) is 38.7. The zero-order valence-corrected chi connectivity index (χ0v) is 29.3. The lowest BCUT2D eigenvalue weighted by molar-refractivity contribution is 0.356. The summed E-state index contributed by atoms with van der Waals surface area (Å²) in [7, 11) is 0. The van der Waals surface area contributed by atoms with Gasteiger partial charge in [-0.05, 0) is 52.9 Å². The lowest BCUT2D eigenvalue weighted by Gasteiger charge is -1.93. The van der Waals surface area contributed by atoms with Crippen LogP contribution in [0.2, 0.25) is 0 Å². The molecule has 4 aliphatic heterocycles. The molecule has 0 saturated carbocycles. The number of aryl methyl sites for hydroxylation is 1. The van der Waals surface area contributed by atoms with Crippen LogP contribution in [0.25, 0.3) is 0 Å². The topological polar surface area (TPSA) is 27.7 Å². The van der Waals surface area contributed by atoms with Crippen LogP contribution in [0.3, 0.4) is 0 Å². The zero-order chi connectivity index (χ0) is 32.4. The molecule has 4 aromatic rings. The van der Waals surface area contributed by atoms with Crippen LogP contribution in [0.4, 0.5) is 0 Å². The third-order valence-electron chi connectivity index (χ3n) is 6.41. The second-order valence-electron chi connectivity index (χ2n) is 8.82. The van der Waals surface area contributed by atoms with Crippen LogP contribution >= 0.6 is 11.8 Å². The third kappa shape index (κ3) is 13.1. The average molecular weight is 617 g/mol. The highest BCUT2D eigenvalue weighted by atomic mass is 32.2. The fourth-order valence-electron chi connectivity index (χ4n) is 4.49. The van der Waals surface area contributed by atoms with Crippen LogP contribution in [-0.4, -0.2) is 25.6 Å². The highest BCUT2D eigenvalue weighted by molar-refractivity contribution is 7.99. The standard InChI is InChI=1S/3C8H8O.C8H8S.4C2H6/c4*1-2-4-8-7(3-1)5-6-9-8;4*1-2/h4*1-4H,5-6H2;4*1-2H3. The molecule has 8 rings (SSSR count). The van der Waals surface area contributed by atoms with Gasteiger partial charge in [0.15, 0.2) is 0 Å². The molecule has 4 heterocycles. The summed E-state index contributed by atoms with van der Waals surface area (Å²) in [6, 6.07) is 33.2. The predicted molar refractivity (Wildman–Crippen MR) is 193 cm³/mol. The van der Waals surface area contributed by atoms with Crippen LogP contribution in [0, 0.1) is 0 Å². The van der Waals surface area contributed by atoms with Gasteiger partial charge in [0.1, 0.15) is 17.2 Å². The first-order valence-corrected chi connectivity index (χ1v) is 17.7. The molecule has 44 heavy (non-hydrogen) atoms. The van der Waals surface area contributed by atoms with E-state index in [1.54, 1.807) is 0 Å². The van der Waals surface area contributed by atoms with Crippen LogP contribution < -0.4 is 14.2 Å². The van der Waals surface area contributed by atoms with Gasteiger partial charge in [0, 0.05) is 29.9 Å². The fraction of sp³-hybridized carbons (Fsp3) is 0.400. The van der Waals surface area contributed by atoms with Gasteiger partial charge >= 0.3 is 0 Å². The summed E-state index contributed by atoms with van der Waals surface area (Å²) in [5, 5.41) is 0. The lowest BCUT2D eigenvalue weighted by Crippen LogP contribution is -1.85. The summed E-state index contributed by atoms with van der Waals surface area (Å²) >= 11 is 1.97. The predicted octanol–water partition coefficient (Wildman–Crippen LogP) is 11.3. The zero-order valence-electron chi connectivity index (χ0n) is 28.5. The Morgan fingerprint density at radius 2 is 0.705 bits per heavy atom. The molecule has 4 heteroatoms. The van der Waals surface area contributed by atoms with Crippen molar-refractivity contribution in [1.29, 1.82) is 0 Å². The van der Waals surface area contributed by atoms with Crippen LogP contribution in [0.1, 0.15) is 77.6 Å². The smallest absolute Gasteiger partial charge is 0.122 e. The Bertz CT molecular complexity index is 981. The number of benzene rings is 4. The van der Waals surface area contributed by atoms with Gasteiger partial charge in [0.25, 0.3) is 0 Å². The molecule has 0 aromatic heterocycles. The summed E-state index contributed by atoms with van der Waals surface area (Å²) in [5.41, 5.74) is 5.56. The Kier molecular flexibility index (Phi) is 22.0. The number of hydrogen-bond acceptors (Lipinski definition) is 4. The van der Waals surface area contributed by atoms with Crippen molar-refractivity contribution in [3.8, 4) is 17.2 Å². The van der Waals surface area contributed by atoms with Gasteiger partial charge in [-0.3, -0.25) is 0 Å². The summed E-state index contributed by atoms with van der Waals surface area (Å²) in [5.74, 6) is 4.48. The Balaban J connectivity index is 0.000000272. The summed E-state index contributed by atoms with van der Waals surface area (Å²) in [6.45, 7) is 18.6. The van der Waals surface area contributed by atoms with Crippen molar-refractivity contribution in [3.05, 3.63) is 119 Å². The molecule has 0 radical (unpaired) electrons. The number of fused-ring (bicyclic) bond motifs is 4. The number of ether oxygens (including phenoxy) is 3. The van der Waals surface area contributed by atoms with E-state index >= 15 is 0 Å². The van der Waals surface area contributed by atoms with E-state index in [1.807, 2.05) is 122 Å². The molecule has 4 aliphatic rings. The summed E-state index contributed by atoms with van der Waals surface area (Å²) < 4.78 is 15.9. The van der Waals surface area contributed by atoms with E-state index in [0.29, 0.717) is 0 Å². The quantitative estimate of drug-likeness (QED) is 0.196. The first-order chi connectivity index (χ1) is 21.9. The average Bonchev–Trinajstić information content (AvgIpc) is 3.96. The maximum Gasteiger partial charge on any atom is 0.122 e. The van der Waals surface area contributed by atoms with Crippen molar-refractivity contribution in [2.75, 3.05) is 25.6 Å². The molecule has 0 N–H and O–H groups in total.